The first-order chi connectivity index (χ1) is 9.11. The smallest absolute Gasteiger partial charge is 0.0937 e. The Balaban J connectivity index is 1.81. The second-order valence-electron chi connectivity index (χ2n) is 5.95. The fraction of sp³-hybridized carbons (Fsp3) is 0.800. The molecule has 1 aromatic rings. The topological polar surface area (TPSA) is 36.4 Å². The van der Waals surface area contributed by atoms with Crippen molar-refractivity contribution in [1.29, 1.82) is 0 Å². The van der Waals surface area contributed by atoms with Crippen molar-refractivity contribution in [3.63, 3.8) is 0 Å². The zero-order valence-electron chi connectivity index (χ0n) is 12.1. The van der Waals surface area contributed by atoms with Gasteiger partial charge in [0, 0.05) is 31.1 Å². The maximum Gasteiger partial charge on any atom is 0.0937 e. The first kappa shape index (κ1) is 14.9. The van der Waals surface area contributed by atoms with Gasteiger partial charge in [0.2, 0.25) is 0 Å². The molecular formula is C15H26N2OS. The summed E-state index contributed by atoms with van der Waals surface area (Å²) in [6.45, 7) is 7.29. The van der Waals surface area contributed by atoms with Crippen molar-refractivity contribution >= 4 is 11.3 Å². The van der Waals surface area contributed by atoms with Gasteiger partial charge in [0.1, 0.15) is 0 Å². The summed E-state index contributed by atoms with van der Waals surface area (Å²) >= 11 is 1.72. The molecule has 1 aliphatic rings. The molecule has 3 nitrogen and oxygen atoms in total. The van der Waals surface area contributed by atoms with Crippen LogP contribution in [0.5, 0.6) is 0 Å². The van der Waals surface area contributed by atoms with Crippen LogP contribution in [0.3, 0.4) is 0 Å². The van der Waals surface area contributed by atoms with Gasteiger partial charge >= 0.3 is 0 Å². The highest BCUT2D eigenvalue weighted by atomic mass is 32.1. The van der Waals surface area contributed by atoms with E-state index < -0.39 is 5.60 Å². The fourth-order valence-corrected chi connectivity index (χ4v) is 3.46. The highest BCUT2D eigenvalue weighted by Crippen LogP contribution is 2.32. The Kier molecular flexibility index (Phi) is 5.37. The van der Waals surface area contributed by atoms with Crippen LogP contribution in [-0.2, 0) is 6.42 Å². The molecular weight excluding hydrogens is 256 g/mol. The molecule has 0 bridgehead atoms. The molecule has 4 heteroatoms. The highest BCUT2D eigenvalue weighted by molar-refractivity contribution is 7.09. The number of likely N-dealkylation sites (N-methyl/N-ethyl adjacent to an activating group) is 1. The summed E-state index contributed by atoms with van der Waals surface area (Å²) < 4.78 is 0. The molecule has 1 saturated carbocycles. The van der Waals surface area contributed by atoms with Gasteiger partial charge in [0.25, 0.3) is 0 Å². The molecule has 0 atom stereocenters. The van der Waals surface area contributed by atoms with Gasteiger partial charge in [-0.25, -0.2) is 4.98 Å². The second-order valence-corrected chi connectivity index (χ2v) is 6.93. The van der Waals surface area contributed by atoms with Crippen LogP contribution >= 0.6 is 11.3 Å². The Morgan fingerprint density at radius 3 is 2.79 bits per heavy atom. The molecule has 108 valence electrons. The summed E-state index contributed by atoms with van der Waals surface area (Å²) in [5.74, 6) is 0.783. The SMILES string of the molecule is CCN(CCc1nccs1)CC1(O)CCC(C)CC1. The van der Waals surface area contributed by atoms with Crippen LogP contribution in [0.25, 0.3) is 0 Å². The minimum atomic E-state index is -0.453. The van der Waals surface area contributed by atoms with Gasteiger partial charge in [-0.1, -0.05) is 13.8 Å². The molecule has 0 spiro atoms. The first-order valence-corrected chi connectivity index (χ1v) is 8.32. The van der Waals surface area contributed by atoms with Gasteiger partial charge in [-0.05, 0) is 38.1 Å². The van der Waals surface area contributed by atoms with E-state index in [1.807, 2.05) is 11.6 Å². The van der Waals surface area contributed by atoms with E-state index in [9.17, 15) is 5.11 Å². The Bertz CT molecular complexity index is 358. The van der Waals surface area contributed by atoms with Gasteiger partial charge in [-0.2, -0.15) is 0 Å². The highest BCUT2D eigenvalue weighted by Gasteiger charge is 2.33. The lowest BCUT2D eigenvalue weighted by Gasteiger charge is -2.38. The number of hydrogen-bond donors (Lipinski definition) is 1. The fourth-order valence-electron chi connectivity index (χ4n) is 2.85. The standard InChI is InChI=1S/C15H26N2OS/c1-3-17(10-6-14-16-9-11-19-14)12-15(18)7-4-13(2)5-8-15/h9,11,13,18H,3-8,10,12H2,1-2H3. The van der Waals surface area contributed by atoms with Crippen molar-refractivity contribution in [2.45, 2.75) is 51.6 Å². The average Bonchev–Trinajstić information content (AvgIpc) is 2.92. The van der Waals surface area contributed by atoms with Gasteiger partial charge < -0.3 is 10.0 Å². The molecule has 1 heterocycles. The number of rotatable bonds is 6. The van der Waals surface area contributed by atoms with E-state index in [0.717, 1.165) is 44.8 Å². The number of nitrogens with zero attached hydrogens (tertiary/aromatic N) is 2. The van der Waals surface area contributed by atoms with E-state index in [4.69, 9.17) is 0 Å². The number of aliphatic hydroxyl groups is 1. The van der Waals surface area contributed by atoms with Crippen LogP contribution in [-0.4, -0.2) is 40.2 Å². The summed E-state index contributed by atoms with van der Waals surface area (Å²) in [5.41, 5.74) is -0.453. The van der Waals surface area contributed by atoms with Crippen molar-refractivity contribution in [1.82, 2.24) is 9.88 Å². The third-order valence-corrected chi connectivity index (χ3v) is 5.13. The Morgan fingerprint density at radius 2 is 2.21 bits per heavy atom. The zero-order valence-corrected chi connectivity index (χ0v) is 13.0. The molecule has 19 heavy (non-hydrogen) atoms. The van der Waals surface area contributed by atoms with E-state index >= 15 is 0 Å². The third-order valence-electron chi connectivity index (χ3n) is 4.30. The van der Waals surface area contributed by atoms with Gasteiger partial charge in [-0.3, -0.25) is 0 Å². The predicted octanol–water partition coefficient (Wildman–Crippen LogP) is 2.95. The Labute approximate surface area is 120 Å². The maximum absolute atomic E-state index is 10.7. The van der Waals surface area contributed by atoms with Crippen molar-refractivity contribution in [3.05, 3.63) is 16.6 Å². The molecule has 1 fully saturated rings. The molecule has 1 N–H and O–H groups in total. The Morgan fingerprint density at radius 1 is 1.47 bits per heavy atom. The largest absolute Gasteiger partial charge is 0.389 e. The van der Waals surface area contributed by atoms with Crippen LogP contribution in [0.2, 0.25) is 0 Å². The average molecular weight is 282 g/mol. The number of hydrogen-bond acceptors (Lipinski definition) is 4. The minimum Gasteiger partial charge on any atom is -0.389 e. The van der Waals surface area contributed by atoms with Crippen LogP contribution in [0, 0.1) is 5.92 Å². The monoisotopic (exact) mass is 282 g/mol. The van der Waals surface area contributed by atoms with E-state index in [1.165, 1.54) is 17.8 Å². The van der Waals surface area contributed by atoms with Crippen LogP contribution in [0.4, 0.5) is 0 Å². The van der Waals surface area contributed by atoms with E-state index in [2.05, 4.69) is 23.7 Å². The summed E-state index contributed by atoms with van der Waals surface area (Å²) in [7, 11) is 0. The summed E-state index contributed by atoms with van der Waals surface area (Å²) in [6, 6.07) is 0. The predicted molar refractivity (Wildman–Crippen MR) is 80.5 cm³/mol. The lowest BCUT2D eigenvalue weighted by atomic mass is 9.79. The number of thiazole rings is 1. The molecule has 1 aliphatic carbocycles. The molecule has 0 saturated heterocycles. The molecule has 0 unspecified atom stereocenters. The van der Waals surface area contributed by atoms with E-state index in [1.54, 1.807) is 11.3 Å². The normalized spacial score (nSPS) is 27.9. The molecule has 0 amide bonds. The zero-order chi connectivity index (χ0) is 13.7. The minimum absolute atomic E-state index is 0.453. The van der Waals surface area contributed by atoms with Gasteiger partial charge in [0.15, 0.2) is 0 Å². The molecule has 0 aromatic carbocycles. The summed E-state index contributed by atoms with van der Waals surface area (Å²) in [5, 5.41) is 13.9. The number of aromatic nitrogens is 1. The first-order valence-electron chi connectivity index (χ1n) is 7.44. The van der Waals surface area contributed by atoms with Crippen molar-refractivity contribution in [3.8, 4) is 0 Å². The van der Waals surface area contributed by atoms with Crippen LogP contribution in [0.1, 0.15) is 44.5 Å². The lowest BCUT2D eigenvalue weighted by Crippen LogP contribution is -2.45. The molecule has 2 rings (SSSR count). The molecule has 1 aromatic heterocycles. The quantitative estimate of drug-likeness (QED) is 0.871. The van der Waals surface area contributed by atoms with Gasteiger partial charge in [0.05, 0.1) is 10.6 Å². The second kappa shape index (κ2) is 6.82. The van der Waals surface area contributed by atoms with Crippen molar-refractivity contribution in [2.75, 3.05) is 19.6 Å². The molecule has 0 radical (unpaired) electrons. The third kappa shape index (κ3) is 4.55. The van der Waals surface area contributed by atoms with E-state index in [-0.39, 0.29) is 0 Å². The molecule has 0 aliphatic heterocycles. The van der Waals surface area contributed by atoms with Crippen molar-refractivity contribution < 1.29 is 5.11 Å². The summed E-state index contributed by atoms with van der Waals surface area (Å²) in [4.78, 5) is 6.70. The van der Waals surface area contributed by atoms with Crippen LogP contribution in [0.15, 0.2) is 11.6 Å². The maximum atomic E-state index is 10.7. The summed E-state index contributed by atoms with van der Waals surface area (Å²) in [6.07, 6.45) is 7.12. The van der Waals surface area contributed by atoms with Gasteiger partial charge in [-0.15, -0.1) is 11.3 Å². The Hall–Kier alpha value is -0.450. The van der Waals surface area contributed by atoms with E-state index in [0.29, 0.717) is 0 Å². The van der Waals surface area contributed by atoms with Crippen LogP contribution < -0.4 is 0 Å². The van der Waals surface area contributed by atoms with Crippen molar-refractivity contribution in [2.24, 2.45) is 5.92 Å². The lowest BCUT2D eigenvalue weighted by molar-refractivity contribution is -0.0339.